The van der Waals surface area contributed by atoms with E-state index in [-0.39, 0.29) is 12.0 Å². The van der Waals surface area contributed by atoms with Crippen LogP contribution in [-0.4, -0.2) is 42.9 Å². The molecule has 3 nitrogen and oxygen atoms in total. The minimum atomic E-state index is 0.0518. The molecule has 0 saturated heterocycles. The Morgan fingerprint density at radius 1 is 1.10 bits per heavy atom. The summed E-state index contributed by atoms with van der Waals surface area (Å²) in [6.07, 6.45) is 6.12. The molecular weight excluding hydrogens is 248 g/mol. The molecule has 0 aromatic rings. The van der Waals surface area contributed by atoms with Crippen LogP contribution in [0.1, 0.15) is 59.8 Å². The Kier molecular flexibility index (Phi) is 7.18. The quantitative estimate of drug-likeness (QED) is 0.779. The molecule has 1 N–H and O–H groups in total. The summed E-state index contributed by atoms with van der Waals surface area (Å²) in [7, 11) is 4.35. The van der Waals surface area contributed by atoms with Gasteiger partial charge in [0.25, 0.3) is 0 Å². The Labute approximate surface area is 125 Å². The number of nitrogens with one attached hydrogen (secondary N) is 1. The fraction of sp³-hybridized carbons (Fsp3) is 0.941. The number of carbonyl (C=O) groups is 1. The molecule has 1 fully saturated rings. The minimum Gasteiger partial charge on any atom is -0.306 e. The van der Waals surface area contributed by atoms with Crippen molar-refractivity contribution in [2.24, 2.45) is 11.8 Å². The summed E-state index contributed by atoms with van der Waals surface area (Å²) < 4.78 is 0. The zero-order chi connectivity index (χ0) is 15.3. The SMILES string of the molecule is CC(C)NC(CC1CCC(N(C)C)CC1)C(=O)C(C)C. The van der Waals surface area contributed by atoms with Gasteiger partial charge in [-0.1, -0.05) is 27.7 Å². The molecule has 3 heteroatoms. The molecule has 1 rings (SSSR count). The average molecular weight is 282 g/mol. The summed E-state index contributed by atoms with van der Waals surface area (Å²) in [6, 6.07) is 1.17. The van der Waals surface area contributed by atoms with Crippen LogP contribution in [0.4, 0.5) is 0 Å². The average Bonchev–Trinajstić information content (AvgIpc) is 2.37. The van der Waals surface area contributed by atoms with E-state index in [1.165, 1.54) is 25.7 Å². The molecule has 0 bridgehead atoms. The van der Waals surface area contributed by atoms with Crippen LogP contribution in [0.2, 0.25) is 0 Å². The highest BCUT2D eigenvalue weighted by atomic mass is 16.1. The van der Waals surface area contributed by atoms with Crippen LogP contribution in [-0.2, 0) is 4.79 Å². The van der Waals surface area contributed by atoms with Crippen molar-refractivity contribution in [2.45, 2.75) is 77.9 Å². The maximum atomic E-state index is 12.4. The lowest BCUT2D eigenvalue weighted by Crippen LogP contribution is -2.44. The highest BCUT2D eigenvalue weighted by molar-refractivity contribution is 5.85. The van der Waals surface area contributed by atoms with E-state index in [0.29, 0.717) is 17.7 Å². The summed E-state index contributed by atoms with van der Waals surface area (Å²) in [4.78, 5) is 14.7. The van der Waals surface area contributed by atoms with Crippen molar-refractivity contribution in [2.75, 3.05) is 14.1 Å². The molecule has 1 saturated carbocycles. The molecule has 1 atom stereocenters. The molecule has 0 amide bonds. The van der Waals surface area contributed by atoms with Gasteiger partial charge in [-0.05, 0) is 52.1 Å². The van der Waals surface area contributed by atoms with Crippen molar-refractivity contribution in [3.63, 3.8) is 0 Å². The van der Waals surface area contributed by atoms with E-state index < -0.39 is 0 Å². The third-order valence-corrected chi connectivity index (χ3v) is 4.56. The van der Waals surface area contributed by atoms with E-state index in [4.69, 9.17) is 0 Å². The van der Waals surface area contributed by atoms with Crippen LogP contribution < -0.4 is 5.32 Å². The predicted molar refractivity (Wildman–Crippen MR) is 86.0 cm³/mol. The maximum Gasteiger partial charge on any atom is 0.152 e. The van der Waals surface area contributed by atoms with Gasteiger partial charge >= 0.3 is 0 Å². The lowest BCUT2D eigenvalue weighted by Gasteiger charge is -2.34. The van der Waals surface area contributed by atoms with Gasteiger partial charge in [-0.2, -0.15) is 0 Å². The van der Waals surface area contributed by atoms with Gasteiger partial charge in [-0.15, -0.1) is 0 Å². The number of rotatable bonds is 7. The minimum absolute atomic E-state index is 0.0518. The Bertz CT molecular complexity index is 291. The lowest BCUT2D eigenvalue weighted by molar-refractivity contribution is -0.124. The highest BCUT2D eigenvalue weighted by Gasteiger charge is 2.28. The standard InChI is InChI=1S/C17H34N2O/c1-12(2)17(20)16(18-13(3)4)11-14-7-9-15(10-8-14)19(5)6/h12-16,18H,7-11H2,1-6H3. The lowest BCUT2D eigenvalue weighted by atomic mass is 9.80. The summed E-state index contributed by atoms with van der Waals surface area (Å²) in [5.41, 5.74) is 0. The van der Waals surface area contributed by atoms with Crippen molar-refractivity contribution >= 4 is 5.78 Å². The predicted octanol–water partition coefficient (Wildman–Crippen LogP) is 3.09. The molecular formula is C17H34N2O. The summed E-state index contributed by atoms with van der Waals surface area (Å²) >= 11 is 0. The number of carbonyl (C=O) groups excluding carboxylic acids is 1. The van der Waals surface area contributed by atoms with Gasteiger partial charge in [0, 0.05) is 18.0 Å². The number of hydrogen-bond donors (Lipinski definition) is 1. The number of hydrogen-bond acceptors (Lipinski definition) is 3. The first-order valence-corrected chi connectivity index (χ1v) is 8.27. The van der Waals surface area contributed by atoms with Crippen molar-refractivity contribution in [1.29, 1.82) is 0 Å². The van der Waals surface area contributed by atoms with Gasteiger partial charge in [-0.3, -0.25) is 4.79 Å². The van der Waals surface area contributed by atoms with Crippen molar-refractivity contribution in [1.82, 2.24) is 10.2 Å². The van der Waals surface area contributed by atoms with Crippen molar-refractivity contribution < 1.29 is 4.79 Å². The Balaban J connectivity index is 2.52. The molecule has 118 valence electrons. The van der Waals surface area contributed by atoms with Crippen molar-refractivity contribution in [3.05, 3.63) is 0 Å². The molecule has 0 aromatic heterocycles. The van der Waals surface area contributed by atoms with Gasteiger partial charge < -0.3 is 10.2 Å². The van der Waals surface area contributed by atoms with Crippen molar-refractivity contribution in [3.8, 4) is 0 Å². The first-order valence-electron chi connectivity index (χ1n) is 8.27. The fourth-order valence-corrected chi connectivity index (χ4v) is 3.30. The largest absolute Gasteiger partial charge is 0.306 e. The van der Waals surface area contributed by atoms with Gasteiger partial charge in [0.15, 0.2) is 5.78 Å². The second-order valence-electron chi connectivity index (χ2n) is 7.30. The Morgan fingerprint density at radius 3 is 2.05 bits per heavy atom. The molecule has 20 heavy (non-hydrogen) atoms. The number of nitrogens with zero attached hydrogens (tertiary/aromatic N) is 1. The van der Waals surface area contributed by atoms with E-state index in [9.17, 15) is 4.79 Å². The van der Waals surface area contributed by atoms with Crippen LogP contribution >= 0.6 is 0 Å². The topological polar surface area (TPSA) is 32.3 Å². The number of ketones is 1. The van der Waals surface area contributed by atoms with E-state index in [1.807, 2.05) is 13.8 Å². The van der Waals surface area contributed by atoms with Crippen LogP contribution in [0.5, 0.6) is 0 Å². The van der Waals surface area contributed by atoms with E-state index in [2.05, 4.69) is 38.2 Å². The summed E-state index contributed by atoms with van der Waals surface area (Å²) in [5.74, 6) is 1.22. The molecule has 0 aromatic carbocycles. The van der Waals surface area contributed by atoms with Gasteiger partial charge in [-0.25, -0.2) is 0 Å². The smallest absolute Gasteiger partial charge is 0.152 e. The molecule has 0 radical (unpaired) electrons. The molecule has 0 spiro atoms. The molecule has 0 aliphatic heterocycles. The molecule has 1 aliphatic rings. The van der Waals surface area contributed by atoms with Crippen LogP contribution in [0.15, 0.2) is 0 Å². The van der Waals surface area contributed by atoms with Gasteiger partial charge in [0.05, 0.1) is 6.04 Å². The van der Waals surface area contributed by atoms with Gasteiger partial charge in [0.1, 0.15) is 0 Å². The number of Topliss-reactive ketones (excluding diaryl/α,β-unsaturated/α-hetero) is 1. The molecule has 1 aliphatic carbocycles. The molecule has 0 heterocycles. The first kappa shape index (κ1) is 17.6. The second kappa shape index (κ2) is 8.14. The normalized spacial score (nSPS) is 25.4. The highest BCUT2D eigenvalue weighted by Crippen LogP contribution is 2.30. The van der Waals surface area contributed by atoms with E-state index >= 15 is 0 Å². The second-order valence-corrected chi connectivity index (χ2v) is 7.30. The first-order chi connectivity index (χ1) is 9.31. The van der Waals surface area contributed by atoms with Gasteiger partial charge in [0.2, 0.25) is 0 Å². The fourth-order valence-electron chi connectivity index (χ4n) is 3.30. The zero-order valence-electron chi connectivity index (χ0n) is 14.3. The van der Waals surface area contributed by atoms with E-state index in [0.717, 1.165) is 12.5 Å². The van der Waals surface area contributed by atoms with E-state index in [1.54, 1.807) is 0 Å². The van der Waals surface area contributed by atoms with Crippen LogP contribution in [0.25, 0.3) is 0 Å². The third kappa shape index (κ3) is 5.53. The Morgan fingerprint density at radius 2 is 1.65 bits per heavy atom. The monoisotopic (exact) mass is 282 g/mol. The molecule has 1 unspecified atom stereocenters. The van der Waals surface area contributed by atoms with Crippen LogP contribution in [0.3, 0.4) is 0 Å². The summed E-state index contributed by atoms with van der Waals surface area (Å²) in [6.45, 7) is 8.29. The summed E-state index contributed by atoms with van der Waals surface area (Å²) in [5, 5.41) is 3.48. The zero-order valence-corrected chi connectivity index (χ0v) is 14.3. The maximum absolute atomic E-state index is 12.4. The Hall–Kier alpha value is -0.410. The van der Waals surface area contributed by atoms with Crippen LogP contribution in [0, 0.1) is 11.8 Å². The third-order valence-electron chi connectivity index (χ3n) is 4.56.